The Balaban J connectivity index is 3.31. The zero-order valence-corrected chi connectivity index (χ0v) is 9.66. The molecule has 0 aliphatic carbocycles. The van der Waals surface area contributed by atoms with Gasteiger partial charge in [0.15, 0.2) is 0 Å². The SMILES string of the molecule is COc1cc(OC)c(C#CCN)c(OC)c1. The van der Waals surface area contributed by atoms with Gasteiger partial charge in [-0.05, 0) is 0 Å². The van der Waals surface area contributed by atoms with Crippen LogP contribution in [-0.2, 0) is 0 Å². The minimum Gasteiger partial charge on any atom is -0.496 e. The summed E-state index contributed by atoms with van der Waals surface area (Å²) in [5.74, 6) is 7.56. The van der Waals surface area contributed by atoms with Crippen LogP contribution in [0.2, 0.25) is 0 Å². The molecule has 0 spiro atoms. The average molecular weight is 221 g/mol. The predicted octanol–water partition coefficient (Wildman–Crippen LogP) is 1.02. The lowest BCUT2D eigenvalue weighted by molar-refractivity contribution is 0.374. The number of hydrogen-bond donors (Lipinski definition) is 1. The van der Waals surface area contributed by atoms with Gasteiger partial charge in [-0.15, -0.1) is 0 Å². The van der Waals surface area contributed by atoms with Gasteiger partial charge >= 0.3 is 0 Å². The molecule has 0 bridgehead atoms. The zero-order valence-electron chi connectivity index (χ0n) is 9.66. The second-order valence-electron chi connectivity index (χ2n) is 2.91. The van der Waals surface area contributed by atoms with Crippen molar-refractivity contribution >= 4 is 0 Å². The summed E-state index contributed by atoms with van der Waals surface area (Å²) in [5, 5.41) is 0. The van der Waals surface area contributed by atoms with E-state index in [1.807, 2.05) is 0 Å². The second-order valence-corrected chi connectivity index (χ2v) is 2.91. The van der Waals surface area contributed by atoms with E-state index in [9.17, 15) is 0 Å². The third kappa shape index (κ3) is 2.59. The Morgan fingerprint density at radius 3 is 2.00 bits per heavy atom. The first-order chi connectivity index (χ1) is 7.76. The Labute approximate surface area is 95.3 Å². The Hall–Kier alpha value is -1.86. The normalized spacial score (nSPS) is 9.00. The van der Waals surface area contributed by atoms with Gasteiger partial charge in [0.05, 0.1) is 27.9 Å². The summed E-state index contributed by atoms with van der Waals surface area (Å²) < 4.78 is 15.6. The van der Waals surface area contributed by atoms with Gasteiger partial charge in [0.1, 0.15) is 22.8 Å². The van der Waals surface area contributed by atoms with Crippen LogP contribution in [0.3, 0.4) is 0 Å². The van der Waals surface area contributed by atoms with Gasteiger partial charge < -0.3 is 19.9 Å². The molecule has 86 valence electrons. The third-order valence-electron chi connectivity index (χ3n) is 2.03. The molecule has 2 N–H and O–H groups in total. The van der Waals surface area contributed by atoms with Crippen molar-refractivity contribution in [3.05, 3.63) is 17.7 Å². The van der Waals surface area contributed by atoms with Gasteiger partial charge in [0.2, 0.25) is 0 Å². The number of ether oxygens (including phenoxy) is 3. The molecule has 0 aliphatic rings. The van der Waals surface area contributed by atoms with Crippen molar-refractivity contribution in [3.63, 3.8) is 0 Å². The monoisotopic (exact) mass is 221 g/mol. The highest BCUT2D eigenvalue weighted by molar-refractivity contribution is 5.58. The highest BCUT2D eigenvalue weighted by atomic mass is 16.5. The fourth-order valence-electron chi connectivity index (χ4n) is 1.27. The van der Waals surface area contributed by atoms with E-state index in [1.54, 1.807) is 33.5 Å². The average Bonchev–Trinajstić information content (AvgIpc) is 2.35. The number of benzene rings is 1. The van der Waals surface area contributed by atoms with E-state index in [0.29, 0.717) is 29.4 Å². The molecule has 0 saturated heterocycles. The Bertz CT molecular complexity index is 393. The van der Waals surface area contributed by atoms with E-state index in [0.717, 1.165) is 0 Å². The molecule has 0 atom stereocenters. The van der Waals surface area contributed by atoms with Crippen molar-refractivity contribution in [2.24, 2.45) is 5.73 Å². The van der Waals surface area contributed by atoms with Crippen LogP contribution >= 0.6 is 0 Å². The summed E-state index contributed by atoms with van der Waals surface area (Å²) in [6.07, 6.45) is 0. The van der Waals surface area contributed by atoms with Crippen LogP contribution in [0.4, 0.5) is 0 Å². The van der Waals surface area contributed by atoms with Crippen molar-refractivity contribution < 1.29 is 14.2 Å². The summed E-state index contributed by atoms with van der Waals surface area (Å²) in [4.78, 5) is 0. The minimum absolute atomic E-state index is 0.290. The van der Waals surface area contributed by atoms with E-state index in [2.05, 4.69) is 11.8 Å². The maximum absolute atomic E-state index is 5.34. The van der Waals surface area contributed by atoms with Crippen LogP contribution in [0.25, 0.3) is 0 Å². The van der Waals surface area contributed by atoms with Crippen LogP contribution in [0.1, 0.15) is 5.56 Å². The van der Waals surface area contributed by atoms with E-state index in [-0.39, 0.29) is 0 Å². The van der Waals surface area contributed by atoms with Crippen molar-refractivity contribution in [3.8, 4) is 29.1 Å². The van der Waals surface area contributed by atoms with Crippen molar-refractivity contribution in [1.82, 2.24) is 0 Å². The molecule has 0 fully saturated rings. The molecule has 0 aliphatic heterocycles. The Kier molecular flexibility index (Phi) is 4.49. The lowest BCUT2D eigenvalue weighted by Crippen LogP contribution is -1.97. The molecule has 0 unspecified atom stereocenters. The highest BCUT2D eigenvalue weighted by Gasteiger charge is 2.10. The topological polar surface area (TPSA) is 53.7 Å². The van der Waals surface area contributed by atoms with Crippen molar-refractivity contribution in [2.45, 2.75) is 0 Å². The maximum Gasteiger partial charge on any atom is 0.141 e. The molecule has 0 amide bonds. The maximum atomic E-state index is 5.34. The zero-order chi connectivity index (χ0) is 12.0. The summed E-state index contributed by atoms with van der Waals surface area (Å²) >= 11 is 0. The van der Waals surface area contributed by atoms with Crippen LogP contribution in [0.15, 0.2) is 12.1 Å². The molecular formula is C12H15NO3. The van der Waals surface area contributed by atoms with Crippen LogP contribution in [0.5, 0.6) is 17.2 Å². The van der Waals surface area contributed by atoms with Gasteiger partial charge in [-0.3, -0.25) is 0 Å². The number of nitrogens with two attached hydrogens (primary N) is 1. The van der Waals surface area contributed by atoms with Crippen molar-refractivity contribution in [1.29, 1.82) is 0 Å². The fraction of sp³-hybridized carbons (Fsp3) is 0.333. The molecular weight excluding hydrogens is 206 g/mol. The molecule has 16 heavy (non-hydrogen) atoms. The molecule has 1 aromatic carbocycles. The standard InChI is InChI=1S/C12H15NO3/c1-14-9-7-11(15-2)10(5-4-6-13)12(8-9)16-3/h7-8H,6,13H2,1-3H3. The van der Waals surface area contributed by atoms with Crippen LogP contribution in [-0.4, -0.2) is 27.9 Å². The molecule has 0 radical (unpaired) electrons. The van der Waals surface area contributed by atoms with Gasteiger partial charge in [-0.1, -0.05) is 11.8 Å². The molecule has 0 saturated carbocycles. The fourth-order valence-corrected chi connectivity index (χ4v) is 1.27. The summed E-state index contributed by atoms with van der Waals surface area (Å²) in [6, 6.07) is 3.51. The summed E-state index contributed by atoms with van der Waals surface area (Å²) in [5.41, 5.74) is 6.01. The lowest BCUT2D eigenvalue weighted by Gasteiger charge is -2.10. The van der Waals surface area contributed by atoms with E-state index < -0.39 is 0 Å². The molecule has 1 rings (SSSR count). The summed E-state index contributed by atoms with van der Waals surface area (Å²) in [6.45, 7) is 0.290. The molecule has 4 heteroatoms. The molecule has 4 nitrogen and oxygen atoms in total. The van der Waals surface area contributed by atoms with Gasteiger partial charge in [-0.25, -0.2) is 0 Å². The van der Waals surface area contributed by atoms with Crippen LogP contribution < -0.4 is 19.9 Å². The first kappa shape index (κ1) is 12.2. The number of hydrogen-bond acceptors (Lipinski definition) is 4. The van der Waals surface area contributed by atoms with E-state index >= 15 is 0 Å². The second kappa shape index (κ2) is 5.89. The molecule has 1 aromatic rings. The Morgan fingerprint density at radius 2 is 1.62 bits per heavy atom. The van der Waals surface area contributed by atoms with Gasteiger partial charge in [0, 0.05) is 12.1 Å². The minimum atomic E-state index is 0.290. The van der Waals surface area contributed by atoms with Gasteiger partial charge in [0.25, 0.3) is 0 Å². The first-order valence-electron chi connectivity index (χ1n) is 4.75. The number of rotatable bonds is 3. The molecule has 0 heterocycles. The predicted molar refractivity (Wildman–Crippen MR) is 62.0 cm³/mol. The lowest BCUT2D eigenvalue weighted by atomic mass is 10.1. The van der Waals surface area contributed by atoms with Gasteiger partial charge in [-0.2, -0.15) is 0 Å². The third-order valence-corrected chi connectivity index (χ3v) is 2.03. The quantitative estimate of drug-likeness (QED) is 0.774. The van der Waals surface area contributed by atoms with Crippen LogP contribution in [0, 0.1) is 11.8 Å². The van der Waals surface area contributed by atoms with E-state index in [4.69, 9.17) is 19.9 Å². The Morgan fingerprint density at radius 1 is 1.06 bits per heavy atom. The highest BCUT2D eigenvalue weighted by Crippen LogP contribution is 2.33. The molecule has 0 aromatic heterocycles. The largest absolute Gasteiger partial charge is 0.496 e. The smallest absolute Gasteiger partial charge is 0.141 e. The number of methoxy groups -OCH3 is 3. The summed E-state index contributed by atoms with van der Waals surface area (Å²) in [7, 11) is 4.73. The van der Waals surface area contributed by atoms with E-state index in [1.165, 1.54) is 0 Å². The van der Waals surface area contributed by atoms with Crippen molar-refractivity contribution in [2.75, 3.05) is 27.9 Å². The first-order valence-corrected chi connectivity index (χ1v) is 4.75.